The first-order chi connectivity index (χ1) is 15.1. The molecule has 0 radical (unpaired) electrons. The normalized spacial score (nSPS) is 12.1. The van der Waals surface area contributed by atoms with E-state index in [-0.39, 0.29) is 17.5 Å². The molecule has 0 bridgehead atoms. The van der Waals surface area contributed by atoms with Gasteiger partial charge in [-0.15, -0.1) is 0 Å². The summed E-state index contributed by atoms with van der Waals surface area (Å²) in [6.07, 6.45) is 2.79. The molecular weight excluding hydrogens is 454 g/mol. The average Bonchev–Trinajstić information content (AvgIpc) is 3.32. The van der Waals surface area contributed by atoms with Gasteiger partial charge >= 0.3 is 5.97 Å². The van der Waals surface area contributed by atoms with Crippen LogP contribution in [0.15, 0.2) is 52.0 Å². The monoisotopic (exact) mass is 477 g/mol. The lowest BCUT2D eigenvalue weighted by atomic mass is 10.1. The summed E-state index contributed by atoms with van der Waals surface area (Å²) in [5.41, 5.74) is 3.52. The molecule has 0 unspecified atom stereocenters. The van der Waals surface area contributed by atoms with Crippen LogP contribution in [0.5, 0.6) is 0 Å². The lowest BCUT2D eigenvalue weighted by Gasteiger charge is -2.07. The molecule has 10 heteroatoms. The fourth-order valence-electron chi connectivity index (χ4n) is 2.82. The molecule has 0 aliphatic rings. The van der Waals surface area contributed by atoms with Gasteiger partial charge in [0.2, 0.25) is 5.09 Å². The number of carbonyl (C=O) groups excluding carboxylic acids is 1. The average molecular weight is 478 g/mol. The highest BCUT2D eigenvalue weighted by molar-refractivity contribution is 7.88. The van der Waals surface area contributed by atoms with Crippen molar-refractivity contribution in [1.29, 1.82) is 0 Å². The molecule has 0 fully saturated rings. The van der Waals surface area contributed by atoms with Gasteiger partial charge in [-0.3, -0.25) is 0 Å². The quantitative estimate of drug-likeness (QED) is 0.362. The third-order valence-corrected chi connectivity index (χ3v) is 6.77. The molecule has 0 spiro atoms. The minimum Gasteiger partial charge on any atom is -0.454 e. The van der Waals surface area contributed by atoms with Gasteiger partial charge in [-0.05, 0) is 37.6 Å². The summed E-state index contributed by atoms with van der Waals surface area (Å²) >= 11 is 6.46. The first kappa shape index (κ1) is 23.8. The lowest BCUT2D eigenvalue weighted by molar-refractivity contribution is -0.139. The predicted octanol–water partition coefficient (Wildman–Crippen LogP) is 3.80. The van der Waals surface area contributed by atoms with E-state index in [2.05, 4.69) is 5.10 Å². The van der Waals surface area contributed by atoms with E-state index < -0.39 is 16.0 Å². The second-order valence-corrected chi connectivity index (χ2v) is 9.82. The summed E-state index contributed by atoms with van der Waals surface area (Å²) in [6.45, 7) is 4.13. The second kappa shape index (κ2) is 9.72. The summed E-state index contributed by atoms with van der Waals surface area (Å²) < 4.78 is 37.2. The Kier molecular flexibility index (Phi) is 7.22. The van der Waals surface area contributed by atoms with E-state index in [1.165, 1.54) is 37.9 Å². The highest BCUT2D eigenvalue weighted by Crippen LogP contribution is 2.23. The topological polar surface area (TPSA) is 94.6 Å². The SMILES string of the molecule is Cc1ccc(Cn2nc(C)c(/C=C/C(=O)OCc3ccc(S(=O)(=O)N(C)C)o3)c2Cl)cc1. The Labute approximate surface area is 192 Å². The van der Waals surface area contributed by atoms with Crippen LogP contribution in [-0.4, -0.2) is 42.6 Å². The molecule has 0 amide bonds. The zero-order chi connectivity index (χ0) is 23.5. The van der Waals surface area contributed by atoms with Crippen LogP contribution in [0.4, 0.5) is 0 Å². The number of rotatable bonds is 8. The van der Waals surface area contributed by atoms with Gasteiger partial charge in [0.25, 0.3) is 10.0 Å². The van der Waals surface area contributed by atoms with Gasteiger partial charge in [-0.1, -0.05) is 41.4 Å². The van der Waals surface area contributed by atoms with Gasteiger partial charge < -0.3 is 9.15 Å². The third kappa shape index (κ3) is 5.48. The van der Waals surface area contributed by atoms with Crippen LogP contribution in [0.2, 0.25) is 5.15 Å². The van der Waals surface area contributed by atoms with Crippen LogP contribution < -0.4 is 0 Å². The standard InChI is InChI=1S/C22H24ClN3O5S/c1-15-5-7-17(8-6-15)13-26-22(23)19(16(2)24-26)10-11-20(27)30-14-18-9-12-21(31-18)32(28,29)25(3)4/h5-12H,13-14H2,1-4H3/b11-10+. The number of benzene rings is 1. The van der Waals surface area contributed by atoms with Crippen LogP contribution in [0.25, 0.3) is 6.08 Å². The van der Waals surface area contributed by atoms with Crippen molar-refractivity contribution in [2.45, 2.75) is 32.1 Å². The van der Waals surface area contributed by atoms with Crippen LogP contribution in [-0.2, 0) is 32.7 Å². The Morgan fingerprint density at radius 3 is 2.53 bits per heavy atom. The molecule has 3 aromatic rings. The second-order valence-electron chi connectivity index (χ2n) is 7.38. The molecule has 2 heterocycles. The minimum absolute atomic E-state index is 0.203. The Balaban J connectivity index is 1.63. The van der Waals surface area contributed by atoms with E-state index in [0.717, 1.165) is 9.87 Å². The Bertz CT molecular complexity index is 1240. The largest absolute Gasteiger partial charge is 0.454 e. The molecule has 0 aliphatic heterocycles. The van der Waals surface area contributed by atoms with Gasteiger partial charge in [0.15, 0.2) is 0 Å². The van der Waals surface area contributed by atoms with E-state index in [1.54, 1.807) is 17.7 Å². The van der Waals surface area contributed by atoms with Crippen molar-refractivity contribution in [3.05, 3.63) is 75.8 Å². The third-order valence-electron chi connectivity index (χ3n) is 4.68. The number of sulfonamides is 1. The minimum atomic E-state index is -3.68. The fraction of sp³-hybridized carbons (Fsp3) is 0.273. The van der Waals surface area contributed by atoms with Crippen molar-refractivity contribution in [2.24, 2.45) is 0 Å². The molecule has 1 aromatic carbocycles. The van der Waals surface area contributed by atoms with Crippen molar-refractivity contribution < 1.29 is 22.4 Å². The number of aromatic nitrogens is 2. The Morgan fingerprint density at radius 1 is 1.19 bits per heavy atom. The summed E-state index contributed by atoms with van der Waals surface area (Å²) in [5.74, 6) is -0.410. The number of hydrogen-bond donors (Lipinski definition) is 0. The first-order valence-corrected chi connectivity index (χ1v) is 11.5. The first-order valence-electron chi connectivity index (χ1n) is 9.72. The summed E-state index contributed by atoms with van der Waals surface area (Å²) in [4.78, 5) is 12.1. The number of ether oxygens (including phenoxy) is 1. The summed E-state index contributed by atoms with van der Waals surface area (Å²) in [6, 6.07) is 10.8. The molecule has 2 aromatic heterocycles. The lowest BCUT2D eigenvalue weighted by Crippen LogP contribution is -2.21. The fourth-order valence-corrected chi connectivity index (χ4v) is 3.93. The highest BCUT2D eigenvalue weighted by atomic mass is 35.5. The predicted molar refractivity (Wildman–Crippen MR) is 121 cm³/mol. The number of nitrogens with zero attached hydrogens (tertiary/aromatic N) is 3. The van der Waals surface area contributed by atoms with E-state index >= 15 is 0 Å². The molecule has 0 saturated carbocycles. The van der Waals surface area contributed by atoms with Crippen molar-refractivity contribution in [2.75, 3.05) is 14.1 Å². The molecule has 0 saturated heterocycles. The number of carbonyl (C=O) groups is 1. The summed E-state index contributed by atoms with van der Waals surface area (Å²) in [5, 5.41) is 4.64. The van der Waals surface area contributed by atoms with Crippen molar-refractivity contribution >= 4 is 33.7 Å². The van der Waals surface area contributed by atoms with Crippen molar-refractivity contribution in [3.63, 3.8) is 0 Å². The van der Waals surface area contributed by atoms with Crippen molar-refractivity contribution in [3.8, 4) is 0 Å². The molecule has 0 N–H and O–H groups in total. The van der Waals surface area contributed by atoms with Crippen molar-refractivity contribution in [1.82, 2.24) is 14.1 Å². The van der Waals surface area contributed by atoms with Crippen LogP contribution in [0, 0.1) is 13.8 Å². The van der Waals surface area contributed by atoms with Crippen LogP contribution >= 0.6 is 11.6 Å². The number of aryl methyl sites for hydroxylation is 2. The molecule has 0 aliphatic carbocycles. The zero-order valence-electron chi connectivity index (χ0n) is 18.2. The number of esters is 1. The Hall–Kier alpha value is -2.88. The maximum absolute atomic E-state index is 12.1. The number of halogens is 1. The van der Waals surface area contributed by atoms with Gasteiger partial charge in [0.1, 0.15) is 17.5 Å². The maximum Gasteiger partial charge on any atom is 0.331 e. The van der Waals surface area contributed by atoms with Gasteiger partial charge in [-0.2, -0.15) is 5.10 Å². The van der Waals surface area contributed by atoms with Gasteiger partial charge in [0, 0.05) is 25.7 Å². The smallest absolute Gasteiger partial charge is 0.331 e. The van der Waals surface area contributed by atoms with E-state index in [4.69, 9.17) is 20.8 Å². The highest BCUT2D eigenvalue weighted by Gasteiger charge is 2.21. The molecule has 32 heavy (non-hydrogen) atoms. The molecule has 3 rings (SSSR count). The summed E-state index contributed by atoms with van der Waals surface area (Å²) in [7, 11) is -0.882. The molecular formula is C22H24ClN3O5S. The van der Waals surface area contributed by atoms with Crippen LogP contribution in [0.3, 0.4) is 0 Å². The zero-order valence-corrected chi connectivity index (χ0v) is 19.8. The molecule has 8 nitrogen and oxygen atoms in total. The van der Waals surface area contributed by atoms with E-state index in [1.807, 2.05) is 31.2 Å². The molecule has 170 valence electrons. The number of hydrogen-bond acceptors (Lipinski definition) is 6. The maximum atomic E-state index is 12.1. The van der Waals surface area contributed by atoms with E-state index in [9.17, 15) is 13.2 Å². The number of furan rings is 1. The Morgan fingerprint density at radius 2 is 1.88 bits per heavy atom. The van der Waals surface area contributed by atoms with Gasteiger partial charge in [-0.25, -0.2) is 22.2 Å². The molecule has 0 atom stereocenters. The van der Waals surface area contributed by atoms with Crippen LogP contribution in [0.1, 0.15) is 28.1 Å². The van der Waals surface area contributed by atoms with E-state index in [0.29, 0.717) is 23.0 Å². The van der Waals surface area contributed by atoms with Gasteiger partial charge in [0.05, 0.1) is 12.2 Å².